The number of benzene rings is 1. The van der Waals surface area contributed by atoms with Gasteiger partial charge in [0.05, 0.1) is 11.5 Å². The molecule has 0 saturated heterocycles. The molecular formula is C12H19FN2O3S. The summed E-state index contributed by atoms with van der Waals surface area (Å²) in [6.07, 6.45) is 0.600. The summed E-state index contributed by atoms with van der Waals surface area (Å²) in [6, 6.07) is 2.33. The molecule has 1 aromatic carbocycles. The van der Waals surface area contributed by atoms with Crippen molar-refractivity contribution >= 4 is 15.7 Å². The molecule has 0 unspecified atom stereocenters. The highest BCUT2D eigenvalue weighted by atomic mass is 32.2. The van der Waals surface area contributed by atoms with E-state index in [1.165, 1.54) is 13.0 Å². The highest BCUT2D eigenvalue weighted by Crippen LogP contribution is 2.25. The summed E-state index contributed by atoms with van der Waals surface area (Å²) in [7, 11) is -3.85. The SMILES string of the molecule is CCCN(CCO)S(=O)(=O)c1cc(N)cc(F)c1C. The number of anilines is 1. The molecule has 7 heteroatoms. The average molecular weight is 290 g/mol. The molecule has 0 fully saturated rings. The Labute approximate surface area is 112 Å². The summed E-state index contributed by atoms with van der Waals surface area (Å²) in [4.78, 5) is -0.146. The summed E-state index contributed by atoms with van der Waals surface area (Å²) in [5.74, 6) is -0.654. The van der Waals surface area contributed by atoms with Gasteiger partial charge in [0.2, 0.25) is 10.0 Å². The number of hydrogen-bond acceptors (Lipinski definition) is 4. The van der Waals surface area contributed by atoms with Gasteiger partial charge in [-0.3, -0.25) is 0 Å². The van der Waals surface area contributed by atoms with Gasteiger partial charge in [0.25, 0.3) is 0 Å². The van der Waals surface area contributed by atoms with Crippen LogP contribution in [0, 0.1) is 12.7 Å². The van der Waals surface area contributed by atoms with E-state index in [2.05, 4.69) is 0 Å². The van der Waals surface area contributed by atoms with Crippen molar-refractivity contribution in [1.29, 1.82) is 0 Å². The predicted molar refractivity (Wildman–Crippen MR) is 71.7 cm³/mol. The number of sulfonamides is 1. The van der Waals surface area contributed by atoms with Gasteiger partial charge in [-0.05, 0) is 25.5 Å². The minimum Gasteiger partial charge on any atom is -0.399 e. The zero-order chi connectivity index (χ0) is 14.6. The van der Waals surface area contributed by atoms with Crippen LogP contribution < -0.4 is 5.73 Å². The maximum atomic E-state index is 13.6. The van der Waals surface area contributed by atoms with E-state index in [1.807, 2.05) is 6.92 Å². The van der Waals surface area contributed by atoms with E-state index in [4.69, 9.17) is 10.8 Å². The van der Waals surface area contributed by atoms with Crippen LogP contribution in [0.5, 0.6) is 0 Å². The second-order valence-corrected chi connectivity index (χ2v) is 6.16. The molecule has 0 heterocycles. The third-order valence-corrected chi connectivity index (χ3v) is 4.78. The predicted octanol–water partition coefficient (Wildman–Crippen LogP) is 1.11. The van der Waals surface area contributed by atoms with Gasteiger partial charge in [-0.2, -0.15) is 4.31 Å². The van der Waals surface area contributed by atoms with Crippen LogP contribution in [0.2, 0.25) is 0 Å². The largest absolute Gasteiger partial charge is 0.399 e. The Morgan fingerprint density at radius 3 is 2.53 bits per heavy atom. The van der Waals surface area contributed by atoms with Crippen LogP contribution >= 0.6 is 0 Å². The summed E-state index contributed by atoms with van der Waals surface area (Å²) in [5, 5.41) is 8.95. The lowest BCUT2D eigenvalue weighted by atomic mass is 10.2. The average Bonchev–Trinajstić information content (AvgIpc) is 2.33. The molecule has 0 amide bonds. The second kappa shape index (κ2) is 6.31. The topological polar surface area (TPSA) is 83.6 Å². The Kier molecular flexibility index (Phi) is 5.28. The summed E-state index contributed by atoms with van der Waals surface area (Å²) in [5.41, 5.74) is 5.59. The lowest BCUT2D eigenvalue weighted by Gasteiger charge is -2.22. The molecule has 0 aliphatic rings. The van der Waals surface area contributed by atoms with E-state index in [0.29, 0.717) is 6.42 Å². The van der Waals surface area contributed by atoms with Gasteiger partial charge in [0.1, 0.15) is 5.82 Å². The van der Waals surface area contributed by atoms with Crippen LogP contribution in [0.15, 0.2) is 17.0 Å². The zero-order valence-corrected chi connectivity index (χ0v) is 11.9. The molecule has 3 N–H and O–H groups in total. The molecule has 0 aliphatic heterocycles. The Morgan fingerprint density at radius 1 is 1.37 bits per heavy atom. The Balaban J connectivity index is 3.32. The van der Waals surface area contributed by atoms with E-state index >= 15 is 0 Å². The van der Waals surface area contributed by atoms with Crippen molar-refractivity contribution in [3.05, 3.63) is 23.5 Å². The van der Waals surface area contributed by atoms with E-state index in [-0.39, 0.29) is 35.8 Å². The minimum atomic E-state index is -3.85. The second-order valence-electron chi connectivity index (χ2n) is 4.25. The lowest BCUT2D eigenvalue weighted by molar-refractivity contribution is 0.253. The number of aliphatic hydroxyl groups is 1. The molecule has 0 aromatic heterocycles. The first kappa shape index (κ1) is 15.9. The number of nitrogens with two attached hydrogens (primary N) is 1. The Morgan fingerprint density at radius 2 is 2.00 bits per heavy atom. The molecule has 19 heavy (non-hydrogen) atoms. The van der Waals surface area contributed by atoms with Gasteiger partial charge in [0.15, 0.2) is 0 Å². The zero-order valence-electron chi connectivity index (χ0n) is 11.1. The van der Waals surface area contributed by atoms with Crippen molar-refractivity contribution in [2.45, 2.75) is 25.2 Å². The first-order valence-electron chi connectivity index (χ1n) is 6.01. The van der Waals surface area contributed by atoms with Crippen molar-refractivity contribution < 1.29 is 17.9 Å². The van der Waals surface area contributed by atoms with Crippen LogP contribution in [0.4, 0.5) is 10.1 Å². The molecule has 1 aromatic rings. The fourth-order valence-corrected chi connectivity index (χ4v) is 3.59. The maximum absolute atomic E-state index is 13.6. The molecule has 0 bridgehead atoms. The van der Waals surface area contributed by atoms with Crippen LogP contribution in [0.25, 0.3) is 0 Å². The van der Waals surface area contributed by atoms with Crippen molar-refractivity contribution in [2.24, 2.45) is 0 Å². The number of hydrogen-bond donors (Lipinski definition) is 2. The van der Waals surface area contributed by atoms with Gasteiger partial charge in [-0.25, -0.2) is 12.8 Å². The van der Waals surface area contributed by atoms with Crippen LogP contribution in [0.3, 0.4) is 0 Å². The molecule has 0 radical (unpaired) electrons. The highest BCUT2D eigenvalue weighted by Gasteiger charge is 2.26. The van der Waals surface area contributed by atoms with Gasteiger partial charge >= 0.3 is 0 Å². The third-order valence-electron chi connectivity index (χ3n) is 2.76. The number of rotatable bonds is 6. The third kappa shape index (κ3) is 3.43. The number of aliphatic hydroxyl groups excluding tert-OH is 1. The highest BCUT2D eigenvalue weighted by molar-refractivity contribution is 7.89. The normalized spacial score (nSPS) is 12.1. The fourth-order valence-electron chi connectivity index (χ4n) is 1.79. The molecular weight excluding hydrogens is 271 g/mol. The minimum absolute atomic E-state index is 0.0218. The number of nitrogen functional groups attached to an aromatic ring is 1. The van der Waals surface area contributed by atoms with Crippen molar-refractivity contribution in [2.75, 3.05) is 25.4 Å². The van der Waals surface area contributed by atoms with Gasteiger partial charge in [-0.15, -0.1) is 0 Å². The lowest BCUT2D eigenvalue weighted by Crippen LogP contribution is -2.34. The van der Waals surface area contributed by atoms with Crippen molar-refractivity contribution in [3.8, 4) is 0 Å². The summed E-state index contributed by atoms with van der Waals surface area (Å²) < 4.78 is 39.6. The molecule has 5 nitrogen and oxygen atoms in total. The smallest absolute Gasteiger partial charge is 0.243 e. The Hall–Kier alpha value is -1.18. The van der Waals surface area contributed by atoms with Gasteiger partial charge < -0.3 is 10.8 Å². The number of nitrogens with zero attached hydrogens (tertiary/aromatic N) is 1. The molecule has 108 valence electrons. The molecule has 0 saturated carbocycles. The van der Waals surface area contributed by atoms with Crippen LogP contribution in [-0.4, -0.2) is 37.5 Å². The first-order valence-corrected chi connectivity index (χ1v) is 7.45. The quantitative estimate of drug-likeness (QED) is 0.769. The van der Waals surface area contributed by atoms with Crippen LogP contribution in [-0.2, 0) is 10.0 Å². The first-order chi connectivity index (χ1) is 8.84. The van der Waals surface area contributed by atoms with E-state index < -0.39 is 15.8 Å². The van der Waals surface area contributed by atoms with Gasteiger partial charge in [0, 0.05) is 24.3 Å². The molecule has 0 atom stereocenters. The van der Waals surface area contributed by atoms with Crippen molar-refractivity contribution in [3.63, 3.8) is 0 Å². The standard InChI is InChI=1S/C12H19FN2O3S/c1-3-4-15(5-6-16)19(17,18)12-8-10(14)7-11(13)9(12)2/h7-8,16H,3-6,14H2,1-2H3. The fraction of sp³-hybridized carbons (Fsp3) is 0.500. The molecule has 0 aliphatic carbocycles. The number of halogens is 1. The molecule has 1 rings (SSSR count). The van der Waals surface area contributed by atoms with E-state index in [0.717, 1.165) is 10.4 Å². The van der Waals surface area contributed by atoms with Gasteiger partial charge in [-0.1, -0.05) is 6.92 Å². The Bertz CT molecular complexity index is 540. The van der Waals surface area contributed by atoms with Crippen molar-refractivity contribution in [1.82, 2.24) is 4.31 Å². The van der Waals surface area contributed by atoms with Crippen LogP contribution in [0.1, 0.15) is 18.9 Å². The monoisotopic (exact) mass is 290 g/mol. The summed E-state index contributed by atoms with van der Waals surface area (Å²) >= 11 is 0. The summed E-state index contributed by atoms with van der Waals surface area (Å²) in [6.45, 7) is 3.17. The molecule has 0 spiro atoms. The van der Waals surface area contributed by atoms with E-state index in [9.17, 15) is 12.8 Å². The maximum Gasteiger partial charge on any atom is 0.243 e. The van der Waals surface area contributed by atoms with E-state index in [1.54, 1.807) is 0 Å².